The Kier molecular flexibility index (Phi) is 3.50. The molecule has 5 nitrogen and oxygen atoms in total. The van der Waals surface area contributed by atoms with E-state index in [1.54, 1.807) is 0 Å². The molecule has 4 rings (SSSR count). The van der Waals surface area contributed by atoms with Gasteiger partial charge in [-0.25, -0.2) is 10.8 Å². The van der Waals surface area contributed by atoms with Gasteiger partial charge in [-0.2, -0.15) is 0 Å². The highest BCUT2D eigenvalue weighted by molar-refractivity contribution is 5.85. The number of hydrogen-bond acceptors (Lipinski definition) is 5. The third-order valence-corrected chi connectivity index (χ3v) is 4.69. The van der Waals surface area contributed by atoms with Gasteiger partial charge < -0.3 is 14.9 Å². The number of fused-ring (bicyclic) bond motifs is 2. The second kappa shape index (κ2) is 5.65. The average Bonchev–Trinajstić information content (AvgIpc) is 2.59. The predicted octanol–water partition coefficient (Wildman–Crippen LogP) is 3.34. The number of hydrogen-bond donors (Lipinski definition) is 2. The number of rotatable bonds is 2. The third-order valence-electron chi connectivity index (χ3n) is 4.69. The van der Waals surface area contributed by atoms with Crippen LogP contribution in [-0.4, -0.2) is 18.2 Å². The largest absolute Gasteiger partial charge is 0.486 e. The van der Waals surface area contributed by atoms with Crippen molar-refractivity contribution in [2.75, 3.05) is 18.6 Å². The maximum atomic E-state index is 5.72. The lowest BCUT2D eigenvalue weighted by atomic mass is 9.84. The fourth-order valence-corrected chi connectivity index (χ4v) is 3.57. The van der Waals surface area contributed by atoms with Gasteiger partial charge in [0, 0.05) is 11.5 Å². The molecular weight excluding hydrogens is 278 g/mol. The van der Waals surface area contributed by atoms with E-state index in [2.05, 4.69) is 11.5 Å². The number of aromatic nitrogens is 1. The van der Waals surface area contributed by atoms with Gasteiger partial charge in [-0.05, 0) is 36.5 Å². The van der Waals surface area contributed by atoms with E-state index >= 15 is 0 Å². The van der Waals surface area contributed by atoms with Crippen LogP contribution in [-0.2, 0) is 0 Å². The fraction of sp³-hybridized carbons (Fsp3) is 0.471. The second-order valence-corrected chi connectivity index (χ2v) is 6.09. The average molecular weight is 299 g/mol. The summed E-state index contributed by atoms with van der Waals surface area (Å²) in [6, 6.07) is 6.19. The van der Waals surface area contributed by atoms with Crippen LogP contribution in [0, 0.1) is 0 Å². The van der Waals surface area contributed by atoms with Crippen molar-refractivity contribution in [2.45, 2.75) is 38.0 Å². The molecule has 3 N–H and O–H groups in total. The van der Waals surface area contributed by atoms with Gasteiger partial charge >= 0.3 is 0 Å². The SMILES string of the molecule is NNc1nc2cc3c(cc2cc1C1CCCCC1)OCCO3. The van der Waals surface area contributed by atoms with E-state index in [0.717, 1.165) is 28.2 Å². The molecule has 0 atom stereocenters. The first-order valence-corrected chi connectivity index (χ1v) is 8.06. The van der Waals surface area contributed by atoms with Crippen molar-refractivity contribution < 1.29 is 9.47 Å². The Morgan fingerprint density at radius 1 is 1.00 bits per heavy atom. The minimum atomic E-state index is 0.546. The van der Waals surface area contributed by atoms with Crippen LogP contribution in [0.1, 0.15) is 43.6 Å². The molecule has 0 bridgehead atoms. The lowest BCUT2D eigenvalue weighted by molar-refractivity contribution is 0.172. The number of nitrogens with one attached hydrogen (secondary N) is 1. The minimum Gasteiger partial charge on any atom is -0.486 e. The van der Waals surface area contributed by atoms with Crippen molar-refractivity contribution in [3.63, 3.8) is 0 Å². The Hall–Kier alpha value is -2.01. The van der Waals surface area contributed by atoms with Crippen LogP contribution in [0.2, 0.25) is 0 Å². The van der Waals surface area contributed by atoms with Crippen molar-refractivity contribution >= 4 is 16.7 Å². The molecular formula is C17H21N3O2. The van der Waals surface area contributed by atoms with Gasteiger partial charge in [-0.1, -0.05) is 19.3 Å². The van der Waals surface area contributed by atoms with Crippen molar-refractivity contribution in [2.24, 2.45) is 5.84 Å². The summed E-state index contributed by atoms with van der Waals surface area (Å²) in [5, 5.41) is 1.09. The summed E-state index contributed by atoms with van der Waals surface area (Å²) in [5.41, 5.74) is 4.90. The minimum absolute atomic E-state index is 0.546. The standard InChI is InChI=1S/C17H21N3O2/c18-20-17-13(11-4-2-1-3-5-11)8-12-9-15-16(10-14(12)19-17)22-7-6-21-15/h8-11H,1-7,18H2,(H,19,20). The molecule has 0 amide bonds. The molecule has 1 saturated carbocycles. The molecule has 1 aliphatic carbocycles. The van der Waals surface area contributed by atoms with E-state index in [9.17, 15) is 0 Å². The molecule has 1 aromatic heterocycles. The second-order valence-electron chi connectivity index (χ2n) is 6.09. The molecule has 1 aliphatic heterocycles. The van der Waals surface area contributed by atoms with E-state index < -0.39 is 0 Å². The lowest BCUT2D eigenvalue weighted by Crippen LogP contribution is -2.16. The number of anilines is 1. The zero-order valence-corrected chi connectivity index (χ0v) is 12.6. The Bertz CT molecular complexity index is 696. The van der Waals surface area contributed by atoms with Gasteiger partial charge in [0.15, 0.2) is 11.5 Å². The normalized spacial score (nSPS) is 18.4. The molecule has 116 valence electrons. The molecule has 0 saturated heterocycles. The van der Waals surface area contributed by atoms with Gasteiger partial charge in [0.25, 0.3) is 0 Å². The highest BCUT2D eigenvalue weighted by atomic mass is 16.6. The maximum absolute atomic E-state index is 5.72. The predicted molar refractivity (Wildman–Crippen MR) is 86.4 cm³/mol. The van der Waals surface area contributed by atoms with E-state index in [4.69, 9.17) is 20.3 Å². The van der Waals surface area contributed by atoms with Crippen LogP contribution in [0.15, 0.2) is 18.2 Å². The summed E-state index contributed by atoms with van der Waals surface area (Å²) in [6.45, 7) is 1.19. The number of hydrazine groups is 1. The summed E-state index contributed by atoms with van der Waals surface area (Å²) in [5.74, 6) is 8.62. The fourth-order valence-electron chi connectivity index (χ4n) is 3.57. The number of pyridine rings is 1. The first kappa shape index (κ1) is 13.6. The Morgan fingerprint density at radius 3 is 2.45 bits per heavy atom. The summed E-state index contributed by atoms with van der Waals surface area (Å²) in [6.07, 6.45) is 6.34. The van der Waals surface area contributed by atoms with E-state index in [1.165, 1.54) is 37.7 Å². The highest BCUT2D eigenvalue weighted by Crippen LogP contribution is 2.39. The quantitative estimate of drug-likeness (QED) is 0.657. The zero-order chi connectivity index (χ0) is 14.9. The van der Waals surface area contributed by atoms with Crippen LogP contribution in [0.3, 0.4) is 0 Å². The summed E-state index contributed by atoms with van der Waals surface area (Å²) in [4.78, 5) is 4.71. The molecule has 1 aromatic carbocycles. The zero-order valence-electron chi connectivity index (χ0n) is 12.6. The molecule has 0 unspecified atom stereocenters. The van der Waals surface area contributed by atoms with Gasteiger partial charge in [-0.3, -0.25) is 0 Å². The molecule has 22 heavy (non-hydrogen) atoms. The molecule has 2 heterocycles. The molecule has 5 heteroatoms. The summed E-state index contributed by atoms with van der Waals surface area (Å²) < 4.78 is 11.3. The molecule has 0 radical (unpaired) electrons. The Labute approximate surface area is 129 Å². The van der Waals surface area contributed by atoms with Gasteiger partial charge in [-0.15, -0.1) is 0 Å². The van der Waals surface area contributed by atoms with Crippen LogP contribution in [0.4, 0.5) is 5.82 Å². The first-order valence-electron chi connectivity index (χ1n) is 8.06. The maximum Gasteiger partial charge on any atom is 0.163 e. The number of nitrogens with zero attached hydrogens (tertiary/aromatic N) is 1. The highest BCUT2D eigenvalue weighted by Gasteiger charge is 2.21. The summed E-state index contributed by atoms with van der Waals surface area (Å²) >= 11 is 0. The first-order chi connectivity index (χ1) is 10.8. The molecule has 2 aromatic rings. The van der Waals surface area contributed by atoms with Gasteiger partial charge in [0.2, 0.25) is 0 Å². The Morgan fingerprint density at radius 2 is 1.73 bits per heavy atom. The number of benzene rings is 1. The Balaban J connectivity index is 1.82. The van der Waals surface area contributed by atoms with Gasteiger partial charge in [0.1, 0.15) is 19.0 Å². The van der Waals surface area contributed by atoms with Crippen molar-refractivity contribution in [1.82, 2.24) is 4.98 Å². The molecule has 1 fully saturated rings. The number of nitrogen functional groups attached to an aromatic ring is 1. The summed E-state index contributed by atoms with van der Waals surface area (Å²) in [7, 11) is 0. The topological polar surface area (TPSA) is 69.4 Å². The van der Waals surface area contributed by atoms with E-state index in [0.29, 0.717) is 19.1 Å². The smallest absolute Gasteiger partial charge is 0.163 e. The van der Waals surface area contributed by atoms with Crippen LogP contribution in [0.5, 0.6) is 11.5 Å². The van der Waals surface area contributed by atoms with Crippen LogP contribution >= 0.6 is 0 Å². The third kappa shape index (κ3) is 2.35. The van der Waals surface area contributed by atoms with Gasteiger partial charge in [0.05, 0.1) is 5.52 Å². The number of ether oxygens (including phenoxy) is 2. The van der Waals surface area contributed by atoms with Crippen LogP contribution < -0.4 is 20.7 Å². The molecule has 2 aliphatic rings. The lowest BCUT2D eigenvalue weighted by Gasteiger charge is -2.24. The molecule has 0 spiro atoms. The van der Waals surface area contributed by atoms with Crippen LogP contribution in [0.25, 0.3) is 10.9 Å². The van der Waals surface area contributed by atoms with Crippen molar-refractivity contribution in [3.8, 4) is 11.5 Å². The van der Waals surface area contributed by atoms with E-state index in [1.807, 2.05) is 12.1 Å². The monoisotopic (exact) mass is 299 g/mol. The van der Waals surface area contributed by atoms with Crippen molar-refractivity contribution in [3.05, 3.63) is 23.8 Å². The number of nitrogens with two attached hydrogens (primary N) is 1. The van der Waals surface area contributed by atoms with E-state index in [-0.39, 0.29) is 0 Å². The van der Waals surface area contributed by atoms with Crippen molar-refractivity contribution in [1.29, 1.82) is 0 Å².